The molecule has 23 heavy (non-hydrogen) atoms. The Morgan fingerprint density at radius 3 is 2.30 bits per heavy atom. The molecule has 4 heteroatoms. The molecule has 1 unspecified atom stereocenters. The fraction of sp³-hybridized carbons (Fsp3) is 0.579. The second kappa shape index (κ2) is 7.62. The Bertz CT molecular complexity index is 533. The lowest BCUT2D eigenvalue weighted by Gasteiger charge is -2.29. The molecule has 1 fully saturated rings. The molecule has 0 aliphatic heterocycles. The number of hydrogen-bond donors (Lipinski definition) is 2. The molecule has 1 saturated carbocycles. The number of rotatable bonds is 7. The van der Waals surface area contributed by atoms with Crippen molar-refractivity contribution in [3.05, 3.63) is 35.9 Å². The maximum absolute atomic E-state index is 12.9. The van der Waals surface area contributed by atoms with E-state index < -0.39 is 17.3 Å². The number of amides is 1. The Morgan fingerprint density at radius 2 is 1.78 bits per heavy atom. The first kappa shape index (κ1) is 17.5. The Kier molecular flexibility index (Phi) is 5.80. The summed E-state index contributed by atoms with van der Waals surface area (Å²) in [7, 11) is 0. The molecule has 1 amide bonds. The highest BCUT2D eigenvalue weighted by molar-refractivity contribution is 5.89. The van der Waals surface area contributed by atoms with E-state index in [1.54, 1.807) is 0 Å². The molecule has 2 rings (SSSR count). The fourth-order valence-electron chi connectivity index (χ4n) is 3.61. The number of carboxylic acid groups (broad SMARTS) is 1. The smallest absolute Gasteiger partial charge is 0.308 e. The number of carbonyl (C=O) groups excluding carboxylic acids is 1. The van der Waals surface area contributed by atoms with Crippen LogP contribution in [-0.4, -0.2) is 23.5 Å². The second-order valence-corrected chi connectivity index (χ2v) is 7.03. The Morgan fingerprint density at radius 1 is 1.17 bits per heavy atom. The van der Waals surface area contributed by atoms with E-state index in [9.17, 15) is 14.7 Å². The zero-order chi connectivity index (χ0) is 16.9. The number of carboxylic acids is 1. The first-order valence-corrected chi connectivity index (χ1v) is 8.52. The summed E-state index contributed by atoms with van der Waals surface area (Å²) in [6.07, 6.45) is 4.33. The third-order valence-electron chi connectivity index (χ3n) is 4.83. The summed E-state index contributed by atoms with van der Waals surface area (Å²) in [5.41, 5.74) is 0.563. The van der Waals surface area contributed by atoms with Crippen LogP contribution in [0, 0.1) is 11.8 Å². The standard InChI is InChI=1S/C19H27NO3/c1-14(2)12-15(17(21)22)13-20-18(23)19(10-6-7-11-19)16-8-4-3-5-9-16/h3-5,8-9,14-15H,6-7,10-13H2,1-2H3,(H,20,23)(H,21,22). The van der Waals surface area contributed by atoms with Crippen LogP contribution < -0.4 is 5.32 Å². The topological polar surface area (TPSA) is 66.4 Å². The summed E-state index contributed by atoms with van der Waals surface area (Å²) < 4.78 is 0. The lowest BCUT2D eigenvalue weighted by molar-refractivity contribution is -0.142. The Hall–Kier alpha value is -1.84. The zero-order valence-electron chi connectivity index (χ0n) is 14.0. The van der Waals surface area contributed by atoms with Gasteiger partial charge in [0, 0.05) is 6.54 Å². The van der Waals surface area contributed by atoms with Gasteiger partial charge in [-0.05, 0) is 30.7 Å². The van der Waals surface area contributed by atoms with Gasteiger partial charge in [0.25, 0.3) is 0 Å². The van der Waals surface area contributed by atoms with Gasteiger partial charge in [0.2, 0.25) is 5.91 Å². The van der Waals surface area contributed by atoms with Crippen molar-refractivity contribution in [2.75, 3.05) is 6.54 Å². The van der Waals surface area contributed by atoms with E-state index in [0.29, 0.717) is 12.3 Å². The molecule has 0 saturated heterocycles. The zero-order valence-corrected chi connectivity index (χ0v) is 14.0. The van der Waals surface area contributed by atoms with E-state index in [1.807, 2.05) is 44.2 Å². The van der Waals surface area contributed by atoms with Crippen molar-refractivity contribution in [2.24, 2.45) is 11.8 Å². The van der Waals surface area contributed by atoms with Gasteiger partial charge in [-0.3, -0.25) is 9.59 Å². The largest absolute Gasteiger partial charge is 0.481 e. The normalized spacial score (nSPS) is 17.9. The van der Waals surface area contributed by atoms with Crippen LogP contribution in [0.15, 0.2) is 30.3 Å². The first-order valence-electron chi connectivity index (χ1n) is 8.52. The van der Waals surface area contributed by atoms with Gasteiger partial charge in [0.1, 0.15) is 0 Å². The van der Waals surface area contributed by atoms with Gasteiger partial charge >= 0.3 is 5.97 Å². The minimum atomic E-state index is -0.834. The number of carbonyl (C=O) groups is 2. The summed E-state index contributed by atoms with van der Waals surface area (Å²) in [5.74, 6) is -1.08. The molecule has 1 atom stereocenters. The summed E-state index contributed by atoms with van der Waals surface area (Å²) >= 11 is 0. The minimum absolute atomic E-state index is 0.0174. The van der Waals surface area contributed by atoms with E-state index in [0.717, 1.165) is 31.2 Å². The van der Waals surface area contributed by atoms with Crippen molar-refractivity contribution in [1.29, 1.82) is 0 Å². The lowest BCUT2D eigenvalue weighted by atomic mass is 9.78. The molecule has 0 spiro atoms. The second-order valence-electron chi connectivity index (χ2n) is 7.03. The van der Waals surface area contributed by atoms with Crippen LogP contribution in [0.1, 0.15) is 51.5 Å². The predicted molar refractivity (Wildman–Crippen MR) is 90.2 cm³/mol. The molecular weight excluding hydrogens is 290 g/mol. The van der Waals surface area contributed by atoms with E-state index in [4.69, 9.17) is 0 Å². The molecule has 1 aromatic carbocycles. The van der Waals surface area contributed by atoms with E-state index in [2.05, 4.69) is 5.32 Å². The van der Waals surface area contributed by atoms with Crippen LogP contribution in [0.5, 0.6) is 0 Å². The first-order chi connectivity index (χ1) is 11.0. The third-order valence-corrected chi connectivity index (χ3v) is 4.83. The molecular formula is C19H27NO3. The van der Waals surface area contributed by atoms with Crippen LogP contribution in [0.2, 0.25) is 0 Å². The summed E-state index contributed by atoms with van der Waals surface area (Å²) in [5, 5.41) is 12.3. The predicted octanol–water partition coefficient (Wildman–Crippen LogP) is 3.36. The SMILES string of the molecule is CC(C)CC(CNC(=O)C1(c2ccccc2)CCCC1)C(=O)O. The summed E-state index contributed by atoms with van der Waals surface area (Å²) in [4.78, 5) is 24.2. The van der Waals surface area contributed by atoms with Crippen LogP contribution >= 0.6 is 0 Å². The van der Waals surface area contributed by atoms with E-state index in [-0.39, 0.29) is 12.5 Å². The summed E-state index contributed by atoms with van der Waals surface area (Å²) in [6, 6.07) is 9.89. The number of nitrogens with one attached hydrogen (secondary N) is 1. The highest BCUT2D eigenvalue weighted by atomic mass is 16.4. The quantitative estimate of drug-likeness (QED) is 0.810. The maximum Gasteiger partial charge on any atom is 0.308 e. The molecule has 4 nitrogen and oxygen atoms in total. The summed E-state index contributed by atoms with van der Waals surface area (Å²) in [6.45, 7) is 4.21. The average Bonchev–Trinajstić information content (AvgIpc) is 3.02. The molecule has 0 radical (unpaired) electrons. The number of aliphatic carboxylic acids is 1. The molecule has 0 aromatic heterocycles. The minimum Gasteiger partial charge on any atom is -0.481 e. The highest BCUT2D eigenvalue weighted by Gasteiger charge is 2.42. The van der Waals surface area contributed by atoms with Crippen molar-refractivity contribution in [2.45, 2.75) is 51.4 Å². The van der Waals surface area contributed by atoms with Crippen LogP contribution in [0.25, 0.3) is 0 Å². The molecule has 1 aromatic rings. The number of hydrogen-bond acceptors (Lipinski definition) is 2. The van der Waals surface area contributed by atoms with Gasteiger partial charge < -0.3 is 10.4 Å². The third kappa shape index (κ3) is 4.12. The fourth-order valence-corrected chi connectivity index (χ4v) is 3.61. The van der Waals surface area contributed by atoms with Crippen molar-refractivity contribution in [3.63, 3.8) is 0 Å². The molecule has 1 aliphatic carbocycles. The lowest BCUT2D eigenvalue weighted by Crippen LogP contribution is -2.45. The molecule has 126 valence electrons. The maximum atomic E-state index is 12.9. The monoisotopic (exact) mass is 317 g/mol. The van der Waals surface area contributed by atoms with Gasteiger partial charge in [-0.1, -0.05) is 57.0 Å². The molecule has 0 heterocycles. The van der Waals surface area contributed by atoms with Gasteiger partial charge in [0.15, 0.2) is 0 Å². The molecule has 1 aliphatic rings. The Balaban J connectivity index is 2.09. The van der Waals surface area contributed by atoms with E-state index in [1.165, 1.54) is 0 Å². The number of benzene rings is 1. The molecule has 2 N–H and O–H groups in total. The van der Waals surface area contributed by atoms with Gasteiger partial charge in [-0.15, -0.1) is 0 Å². The molecule has 0 bridgehead atoms. The van der Waals surface area contributed by atoms with Crippen LogP contribution in [0.4, 0.5) is 0 Å². The van der Waals surface area contributed by atoms with Crippen LogP contribution in [-0.2, 0) is 15.0 Å². The highest BCUT2D eigenvalue weighted by Crippen LogP contribution is 2.41. The Labute approximate surface area is 138 Å². The van der Waals surface area contributed by atoms with Gasteiger partial charge in [-0.2, -0.15) is 0 Å². The van der Waals surface area contributed by atoms with E-state index >= 15 is 0 Å². The van der Waals surface area contributed by atoms with Crippen molar-refractivity contribution in [3.8, 4) is 0 Å². The van der Waals surface area contributed by atoms with Crippen molar-refractivity contribution < 1.29 is 14.7 Å². The van der Waals surface area contributed by atoms with Gasteiger partial charge in [0.05, 0.1) is 11.3 Å². The van der Waals surface area contributed by atoms with Gasteiger partial charge in [-0.25, -0.2) is 0 Å². The van der Waals surface area contributed by atoms with Crippen LogP contribution in [0.3, 0.4) is 0 Å². The van der Waals surface area contributed by atoms with Crippen molar-refractivity contribution >= 4 is 11.9 Å². The van der Waals surface area contributed by atoms with Crippen molar-refractivity contribution in [1.82, 2.24) is 5.32 Å². The average molecular weight is 317 g/mol.